The van der Waals surface area contributed by atoms with Crippen LogP contribution in [0.1, 0.15) is 39.5 Å². The highest BCUT2D eigenvalue weighted by molar-refractivity contribution is 14.0. The van der Waals surface area contributed by atoms with E-state index in [1.165, 1.54) is 0 Å². The second kappa shape index (κ2) is 13.9. The second-order valence-electron chi connectivity index (χ2n) is 7.03. The molecule has 1 saturated heterocycles. The van der Waals surface area contributed by atoms with E-state index in [1.807, 2.05) is 13.8 Å². The Morgan fingerprint density at radius 1 is 1.17 bits per heavy atom. The number of nitrogens with zero attached hydrogens (tertiary/aromatic N) is 2. The summed E-state index contributed by atoms with van der Waals surface area (Å²) in [6.45, 7) is 6.37. The standard InChI is InChI=1S/C18H34N4O4S2.HI/c1-3-19-18(20-9-14-28(24,25)22-10-12-27-13-11-22)21-16-7-5-15(6-8-16)17(23)26-4-2;/h15-16H,3-14H2,1-2H3,(H2,19,20,21);1H. The number of guanidine groups is 1. The van der Waals surface area contributed by atoms with E-state index < -0.39 is 10.0 Å². The van der Waals surface area contributed by atoms with Gasteiger partial charge in [-0.2, -0.15) is 11.8 Å². The van der Waals surface area contributed by atoms with E-state index in [1.54, 1.807) is 16.1 Å². The van der Waals surface area contributed by atoms with Gasteiger partial charge in [0, 0.05) is 37.2 Å². The third-order valence-electron chi connectivity index (χ3n) is 5.01. The van der Waals surface area contributed by atoms with Crippen LogP contribution in [-0.2, 0) is 19.6 Å². The summed E-state index contributed by atoms with van der Waals surface area (Å²) in [4.78, 5) is 16.3. The maximum atomic E-state index is 12.4. The summed E-state index contributed by atoms with van der Waals surface area (Å²) in [5.74, 6) is 2.30. The first-order valence-corrected chi connectivity index (χ1v) is 13.0. The van der Waals surface area contributed by atoms with Crippen LogP contribution in [0.3, 0.4) is 0 Å². The third kappa shape index (κ3) is 9.18. The van der Waals surface area contributed by atoms with Crippen molar-refractivity contribution in [1.82, 2.24) is 14.9 Å². The number of carbonyl (C=O) groups is 1. The first-order chi connectivity index (χ1) is 13.5. The number of carbonyl (C=O) groups excluding carboxylic acids is 1. The van der Waals surface area contributed by atoms with Crippen molar-refractivity contribution < 1.29 is 17.9 Å². The monoisotopic (exact) mass is 562 g/mol. The zero-order valence-corrected chi connectivity index (χ0v) is 21.4. The Morgan fingerprint density at radius 2 is 1.83 bits per heavy atom. The molecule has 2 aliphatic rings. The molecule has 11 heteroatoms. The van der Waals surface area contributed by atoms with E-state index in [-0.39, 0.29) is 54.2 Å². The number of sulfonamides is 1. The number of aliphatic imine (C=N–C) groups is 1. The molecule has 0 aromatic heterocycles. The van der Waals surface area contributed by atoms with Crippen LogP contribution in [0.2, 0.25) is 0 Å². The van der Waals surface area contributed by atoms with E-state index in [9.17, 15) is 13.2 Å². The minimum atomic E-state index is -3.24. The smallest absolute Gasteiger partial charge is 0.308 e. The molecule has 1 saturated carbocycles. The summed E-state index contributed by atoms with van der Waals surface area (Å²) in [6, 6.07) is 0.235. The highest BCUT2D eigenvalue weighted by Crippen LogP contribution is 2.25. The van der Waals surface area contributed by atoms with Gasteiger partial charge in [0.25, 0.3) is 0 Å². The van der Waals surface area contributed by atoms with Crippen LogP contribution in [0.25, 0.3) is 0 Å². The molecule has 0 aromatic rings. The number of esters is 1. The molecule has 0 unspecified atom stereocenters. The van der Waals surface area contributed by atoms with E-state index >= 15 is 0 Å². The topological polar surface area (TPSA) is 100 Å². The molecule has 0 amide bonds. The normalized spacial score (nSPS) is 23.7. The highest BCUT2D eigenvalue weighted by Gasteiger charge is 2.28. The molecule has 2 N–H and O–H groups in total. The lowest BCUT2D eigenvalue weighted by Gasteiger charge is -2.29. The zero-order chi connectivity index (χ0) is 20.4. The molecule has 1 aliphatic carbocycles. The summed E-state index contributed by atoms with van der Waals surface area (Å²) in [6.07, 6.45) is 3.35. The van der Waals surface area contributed by atoms with Gasteiger partial charge in [-0.15, -0.1) is 24.0 Å². The van der Waals surface area contributed by atoms with Gasteiger partial charge in [-0.25, -0.2) is 12.7 Å². The molecule has 2 rings (SSSR count). The van der Waals surface area contributed by atoms with Gasteiger partial charge in [0.05, 0.1) is 24.8 Å². The van der Waals surface area contributed by atoms with Crippen molar-refractivity contribution >= 4 is 57.7 Å². The van der Waals surface area contributed by atoms with Crippen LogP contribution in [0, 0.1) is 5.92 Å². The Balaban J connectivity index is 0.00000420. The Morgan fingerprint density at radius 3 is 2.41 bits per heavy atom. The van der Waals surface area contributed by atoms with Crippen molar-refractivity contribution in [2.75, 3.05) is 50.0 Å². The number of hydrogen-bond donors (Lipinski definition) is 2. The molecule has 0 radical (unpaired) electrons. The summed E-state index contributed by atoms with van der Waals surface area (Å²) >= 11 is 1.79. The predicted octanol–water partition coefficient (Wildman–Crippen LogP) is 1.66. The van der Waals surface area contributed by atoms with Gasteiger partial charge in [-0.05, 0) is 39.5 Å². The number of rotatable bonds is 8. The second-order valence-corrected chi connectivity index (χ2v) is 10.3. The molecular formula is C18H35IN4O4S2. The molecular weight excluding hydrogens is 527 g/mol. The molecule has 8 nitrogen and oxygen atoms in total. The summed E-state index contributed by atoms with van der Waals surface area (Å²) in [5, 5.41) is 6.57. The average Bonchev–Trinajstić information content (AvgIpc) is 2.69. The van der Waals surface area contributed by atoms with Crippen LogP contribution in [0.15, 0.2) is 4.99 Å². The fourth-order valence-corrected chi connectivity index (χ4v) is 5.93. The van der Waals surface area contributed by atoms with Gasteiger partial charge in [0.1, 0.15) is 0 Å². The fourth-order valence-electron chi connectivity index (χ4n) is 3.47. The van der Waals surface area contributed by atoms with Crippen LogP contribution in [0.5, 0.6) is 0 Å². The number of nitrogens with one attached hydrogen (secondary N) is 2. The molecule has 1 heterocycles. The quantitative estimate of drug-likeness (QED) is 0.201. The predicted molar refractivity (Wildman–Crippen MR) is 130 cm³/mol. The molecule has 2 fully saturated rings. The lowest BCUT2D eigenvalue weighted by atomic mass is 9.86. The highest BCUT2D eigenvalue weighted by atomic mass is 127. The Kier molecular flexibility index (Phi) is 12.8. The lowest BCUT2D eigenvalue weighted by molar-refractivity contribution is -0.149. The molecule has 29 heavy (non-hydrogen) atoms. The van der Waals surface area contributed by atoms with E-state index in [2.05, 4.69) is 15.6 Å². The molecule has 0 aromatic carbocycles. The number of ether oxygens (including phenoxy) is 1. The maximum absolute atomic E-state index is 12.4. The van der Waals surface area contributed by atoms with Crippen LogP contribution in [0.4, 0.5) is 0 Å². The molecule has 0 bridgehead atoms. The summed E-state index contributed by atoms with van der Waals surface area (Å²) < 4.78 is 31.6. The van der Waals surface area contributed by atoms with Crippen molar-refractivity contribution in [3.05, 3.63) is 0 Å². The first-order valence-electron chi connectivity index (χ1n) is 10.2. The van der Waals surface area contributed by atoms with E-state index in [4.69, 9.17) is 4.74 Å². The molecule has 0 spiro atoms. The minimum absolute atomic E-state index is 0. The SMILES string of the molecule is CCNC(=NCCS(=O)(=O)N1CCSCC1)NC1CCC(C(=O)OCC)CC1.I. The van der Waals surface area contributed by atoms with Crippen molar-refractivity contribution in [2.24, 2.45) is 10.9 Å². The number of halogens is 1. The molecule has 1 aliphatic heterocycles. The van der Waals surface area contributed by atoms with E-state index in [0.29, 0.717) is 32.2 Å². The lowest BCUT2D eigenvalue weighted by Crippen LogP contribution is -2.45. The molecule has 170 valence electrons. The van der Waals surface area contributed by atoms with Gasteiger partial charge in [0.15, 0.2) is 5.96 Å². The van der Waals surface area contributed by atoms with Crippen LogP contribution in [-0.4, -0.2) is 80.7 Å². The van der Waals surface area contributed by atoms with Gasteiger partial charge in [0.2, 0.25) is 10.0 Å². The van der Waals surface area contributed by atoms with Gasteiger partial charge in [-0.1, -0.05) is 0 Å². The van der Waals surface area contributed by atoms with Crippen LogP contribution < -0.4 is 10.6 Å². The number of thioether (sulfide) groups is 1. The molecule has 0 atom stereocenters. The third-order valence-corrected chi connectivity index (χ3v) is 7.81. The van der Waals surface area contributed by atoms with Crippen molar-refractivity contribution in [3.63, 3.8) is 0 Å². The maximum Gasteiger partial charge on any atom is 0.308 e. The Labute approximate surface area is 196 Å². The zero-order valence-electron chi connectivity index (χ0n) is 17.4. The van der Waals surface area contributed by atoms with Crippen molar-refractivity contribution in [3.8, 4) is 0 Å². The fraction of sp³-hybridized carbons (Fsp3) is 0.889. The van der Waals surface area contributed by atoms with Gasteiger partial charge in [-0.3, -0.25) is 9.79 Å². The Bertz CT molecular complexity index is 619. The largest absolute Gasteiger partial charge is 0.466 e. The van der Waals surface area contributed by atoms with Gasteiger partial charge < -0.3 is 15.4 Å². The van der Waals surface area contributed by atoms with E-state index in [0.717, 1.165) is 37.2 Å². The first kappa shape index (κ1) is 26.8. The van der Waals surface area contributed by atoms with Crippen molar-refractivity contribution in [2.45, 2.75) is 45.6 Å². The summed E-state index contributed by atoms with van der Waals surface area (Å²) in [7, 11) is -3.24. The minimum Gasteiger partial charge on any atom is -0.466 e. The number of hydrogen-bond acceptors (Lipinski definition) is 6. The summed E-state index contributed by atoms with van der Waals surface area (Å²) in [5.41, 5.74) is 0. The average molecular weight is 563 g/mol. The van der Waals surface area contributed by atoms with Crippen LogP contribution >= 0.6 is 35.7 Å². The Hall–Kier alpha value is -0.270. The van der Waals surface area contributed by atoms with Gasteiger partial charge >= 0.3 is 5.97 Å². The van der Waals surface area contributed by atoms with Crippen molar-refractivity contribution in [1.29, 1.82) is 0 Å².